The van der Waals surface area contributed by atoms with Crippen LogP contribution in [0.4, 0.5) is 0 Å². The van der Waals surface area contributed by atoms with Crippen LogP contribution in [0.5, 0.6) is 0 Å². The molecule has 0 aromatic carbocycles. The molecule has 0 atom stereocenters. The molecule has 0 aromatic heterocycles. The van der Waals surface area contributed by atoms with Crippen molar-refractivity contribution in [3.63, 3.8) is 0 Å². The van der Waals surface area contributed by atoms with E-state index in [2.05, 4.69) is 18.5 Å². The first-order chi connectivity index (χ1) is 6.22. The van der Waals surface area contributed by atoms with Crippen molar-refractivity contribution in [2.45, 2.75) is 6.92 Å². The van der Waals surface area contributed by atoms with Crippen LogP contribution < -0.4 is 5.32 Å². The summed E-state index contributed by atoms with van der Waals surface area (Å²) in [5.74, 6) is -0.337. The smallest absolute Gasteiger partial charge is 0.335 e. The second-order valence-electron chi connectivity index (χ2n) is 2.41. The number of carbonyl (C=O) groups excluding carboxylic acids is 1. The molecule has 0 aliphatic rings. The summed E-state index contributed by atoms with van der Waals surface area (Å²) in [7, 11) is 0. The van der Waals surface area contributed by atoms with Gasteiger partial charge in [0.15, 0.2) is 0 Å². The summed E-state index contributed by atoms with van der Waals surface area (Å²) in [4.78, 5) is 11.1. The van der Waals surface area contributed by atoms with Crippen LogP contribution in [0.2, 0.25) is 0 Å². The fourth-order valence-electron chi connectivity index (χ4n) is 0.603. The van der Waals surface area contributed by atoms with E-state index in [-0.39, 0.29) is 12.6 Å². The van der Waals surface area contributed by atoms with Crippen LogP contribution in [-0.4, -0.2) is 19.1 Å². The van der Waals surface area contributed by atoms with E-state index in [1.807, 2.05) is 0 Å². The van der Waals surface area contributed by atoms with Gasteiger partial charge in [-0.3, -0.25) is 0 Å². The summed E-state index contributed by atoms with van der Waals surface area (Å²) >= 11 is 0. The zero-order chi connectivity index (χ0) is 10.1. The first kappa shape index (κ1) is 11.5. The van der Waals surface area contributed by atoms with Gasteiger partial charge in [-0.2, -0.15) is 0 Å². The molecule has 0 unspecified atom stereocenters. The van der Waals surface area contributed by atoms with E-state index in [4.69, 9.17) is 4.74 Å². The Bertz CT molecular complexity index is 219. The summed E-state index contributed by atoms with van der Waals surface area (Å²) in [5.41, 5.74) is 0.531. The van der Waals surface area contributed by atoms with Crippen LogP contribution in [0.25, 0.3) is 0 Å². The Morgan fingerprint density at radius 1 is 1.46 bits per heavy atom. The average molecular weight is 181 g/mol. The Balaban J connectivity index is 3.85. The first-order valence-corrected chi connectivity index (χ1v) is 4.01. The molecule has 3 heteroatoms. The van der Waals surface area contributed by atoms with Crippen molar-refractivity contribution >= 4 is 5.97 Å². The van der Waals surface area contributed by atoms with E-state index >= 15 is 0 Å². The zero-order valence-corrected chi connectivity index (χ0v) is 7.88. The summed E-state index contributed by atoms with van der Waals surface area (Å²) in [6.07, 6.45) is 4.84. The predicted molar refractivity (Wildman–Crippen MR) is 53.1 cm³/mol. The van der Waals surface area contributed by atoms with E-state index < -0.39 is 0 Å². The third-order valence-corrected chi connectivity index (χ3v) is 1.24. The first-order valence-electron chi connectivity index (χ1n) is 4.01. The van der Waals surface area contributed by atoms with Gasteiger partial charge in [-0.25, -0.2) is 4.79 Å². The fraction of sp³-hybridized carbons (Fsp3) is 0.300. The molecule has 1 N–H and O–H groups in total. The van der Waals surface area contributed by atoms with Crippen LogP contribution in [0.1, 0.15) is 6.92 Å². The van der Waals surface area contributed by atoms with Crippen molar-refractivity contribution in [1.29, 1.82) is 0 Å². The van der Waals surface area contributed by atoms with Crippen molar-refractivity contribution < 1.29 is 9.53 Å². The summed E-state index contributed by atoms with van der Waals surface area (Å²) in [6.45, 7) is 9.53. The molecule has 0 aromatic rings. The maximum absolute atomic E-state index is 11.1. The van der Waals surface area contributed by atoms with Gasteiger partial charge in [-0.1, -0.05) is 18.7 Å². The van der Waals surface area contributed by atoms with Crippen molar-refractivity contribution in [3.05, 3.63) is 37.1 Å². The Labute approximate surface area is 78.8 Å². The highest BCUT2D eigenvalue weighted by atomic mass is 16.5. The predicted octanol–water partition coefficient (Wildman–Crippen LogP) is 1.40. The van der Waals surface area contributed by atoms with E-state index in [0.717, 1.165) is 0 Å². The van der Waals surface area contributed by atoms with Crippen LogP contribution in [-0.2, 0) is 9.53 Å². The molecule has 0 saturated heterocycles. The van der Waals surface area contributed by atoms with Gasteiger partial charge in [0.2, 0.25) is 0 Å². The number of esters is 1. The monoisotopic (exact) mass is 181 g/mol. The molecule has 0 aliphatic heterocycles. The third kappa shape index (κ3) is 5.73. The maximum atomic E-state index is 11.1. The van der Waals surface area contributed by atoms with Crippen molar-refractivity contribution in [2.75, 3.05) is 13.2 Å². The number of hydrogen-bond donors (Lipinski definition) is 1. The quantitative estimate of drug-likeness (QED) is 0.291. The molecule has 0 radical (unpaired) electrons. The lowest BCUT2D eigenvalue weighted by atomic mass is 10.3. The molecule has 0 amide bonds. The van der Waals surface area contributed by atoms with Crippen molar-refractivity contribution in [2.24, 2.45) is 0 Å². The van der Waals surface area contributed by atoms with Crippen LogP contribution in [0, 0.1) is 0 Å². The molecule has 0 heterocycles. The average Bonchev–Trinajstić information content (AvgIpc) is 2.14. The van der Waals surface area contributed by atoms with E-state index in [9.17, 15) is 4.79 Å². The Kier molecular flexibility index (Phi) is 6.32. The summed E-state index contributed by atoms with van der Waals surface area (Å²) < 4.78 is 4.79. The van der Waals surface area contributed by atoms with Crippen LogP contribution in [0.15, 0.2) is 37.1 Å². The Hall–Kier alpha value is -1.51. The molecule has 13 heavy (non-hydrogen) atoms. The summed E-state index contributed by atoms with van der Waals surface area (Å²) in [6, 6.07) is 0. The van der Waals surface area contributed by atoms with E-state index in [1.54, 1.807) is 19.2 Å². The largest absolute Gasteiger partial charge is 0.458 e. The second kappa shape index (κ2) is 7.16. The lowest BCUT2D eigenvalue weighted by Gasteiger charge is -2.01. The van der Waals surface area contributed by atoms with E-state index in [0.29, 0.717) is 12.1 Å². The minimum Gasteiger partial charge on any atom is -0.458 e. The van der Waals surface area contributed by atoms with Gasteiger partial charge in [0.05, 0.1) is 0 Å². The van der Waals surface area contributed by atoms with Crippen LogP contribution >= 0.6 is 0 Å². The van der Waals surface area contributed by atoms with Gasteiger partial charge < -0.3 is 10.1 Å². The number of rotatable bonds is 6. The SMILES string of the molecule is C=CCNC=C(C)C(=O)OCC=C. The minimum atomic E-state index is -0.337. The molecule has 3 nitrogen and oxygen atoms in total. The highest BCUT2D eigenvalue weighted by Gasteiger charge is 2.02. The van der Waals surface area contributed by atoms with Gasteiger partial charge in [0, 0.05) is 18.3 Å². The van der Waals surface area contributed by atoms with Crippen LogP contribution in [0.3, 0.4) is 0 Å². The highest BCUT2D eigenvalue weighted by molar-refractivity contribution is 5.87. The fourth-order valence-corrected chi connectivity index (χ4v) is 0.603. The van der Waals surface area contributed by atoms with E-state index in [1.165, 1.54) is 6.08 Å². The third-order valence-electron chi connectivity index (χ3n) is 1.24. The van der Waals surface area contributed by atoms with Gasteiger partial charge in [0.25, 0.3) is 0 Å². The molecular weight excluding hydrogens is 166 g/mol. The zero-order valence-electron chi connectivity index (χ0n) is 7.88. The minimum absolute atomic E-state index is 0.242. The van der Waals surface area contributed by atoms with Gasteiger partial charge in [-0.05, 0) is 6.92 Å². The molecule has 0 saturated carbocycles. The Morgan fingerprint density at radius 3 is 2.69 bits per heavy atom. The molecule has 0 rings (SSSR count). The number of carbonyl (C=O) groups is 1. The standard InChI is InChI=1S/C10H15NO2/c1-4-6-11-8-9(3)10(12)13-7-5-2/h4-5,8,11H,1-2,6-7H2,3H3. The lowest BCUT2D eigenvalue weighted by Crippen LogP contribution is -2.11. The number of ether oxygens (including phenoxy) is 1. The molecule has 0 bridgehead atoms. The molecule has 0 aliphatic carbocycles. The highest BCUT2D eigenvalue weighted by Crippen LogP contribution is 1.94. The lowest BCUT2D eigenvalue weighted by molar-refractivity contribution is -0.137. The second-order valence-corrected chi connectivity index (χ2v) is 2.41. The molecule has 72 valence electrons. The van der Waals surface area contributed by atoms with Gasteiger partial charge in [0.1, 0.15) is 6.61 Å². The van der Waals surface area contributed by atoms with Gasteiger partial charge >= 0.3 is 5.97 Å². The van der Waals surface area contributed by atoms with Crippen molar-refractivity contribution in [1.82, 2.24) is 5.32 Å². The summed E-state index contributed by atoms with van der Waals surface area (Å²) in [5, 5.41) is 2.89. The maximum Gasteiger partial charge on any atom is 0.335 e. The molecule has 0 spiro atoms. The Morgan fingerprint density at radius 2 is 2.15 bits per heavy atom. The number of nitrogens with one attached hydrogen (secondary N) is 1. The normalized spacial score (nSPS) is 10.4. The molecular formula is C10H15NO2. The molecule has 0 fully saturated rings. The van der Waals surface area contributed by atoms with Crippen molar-refractivity contribution in [3.8, 4) is 0 Å². The van der Waals surface area contributed by atoms with Gasteiger partial charge in [-0.15, -0.1) is 6.58 Å². The topological polar surface area (TPSA) is 38.3 Å². The number of hydrogen-bond acceptors (Lipinski definition) is 3.